The number of halogens is 1. The summed E-state index contributed by atoms with van der Waals surface area (Å²) in [5.74, 6) is -0.0168. The van der Waals surface area contributed by atoms with E-state index >= 15 is 0 Å². The Bertz CT molecular complexity index is 954. The number of para-hydroxylation sites is 1. The minimum absolute atomic E-state index is 0.0168. The number of aromatic nitrogens is 1. The van der Waals surface area contributed by atoms with Gasteiger partial charge in [0.1, 0.15) is 0 Å². The van der Waals surface area contributed by atoms with Gasteiger partial charge in [-0.1, -0.05) is 48.0 Å². The van der Waals surface area contributed by atoms with E-state index in [1.54, 1.807) is 0 Å². The number of carbonyl (C=O) groups is 1. The van der Waals surface area contributed by atoms with Crippen LogP contribution in [0.1, 0.15) is 10.4 Å². The number of hydrogen-bond donors (Lipinski definition) is 1. The second kappa shape index (κ2) is 9.39. The van der Waals surface area contributed by atoms with E-state index in [0.29, 0.717) is 18.1 Å². The topological polar surface area (TPSA) is 48.5 Å². The number of amides is 1. The zero-order valence-electron chi connectivity index (χ0n) is 16.1. The third-order valence-electron chi connectivity index (χ3n) is 4.98. The number of nitrogens with one attached hydrogen (secondary N) is 1. The maximum atomic E-state index is 12.4. The molecular formula is C22H23ClN4OS. The highest BCUT2D eigenvalue weighted by molar-refractivity contribution is 7.15. The van der Waals surface area contributed by atoms with Gasteiger partial charge in [0.15, 0.2) is 5.13 Å². The van der Waals surface area contributed by atoms with Gasteiger partial charge in [-0.2, -0.15) is 0 Å². The molecule has 4 rings (SSSR count). The van der Waals surface area contributed by atoms with Gasteiger partial charge in [0, 0.05) is 54.4 Å². The van der Waals surface area contributed by atoms with Crippen molar-refractivity contribution in [2.24, 2.45) is 0 Å². The number of nitrogens with zero attached hydrogens (tertiary/aromatic N) is 3. The third-order valence-corrected chi connectivity index (χ3v) is 6.26. The van der Waals surface area contributed by atoms with E-state index in [4.69, 9.17) is 11.6 Å². The van der Waals surface area contributed by atoms with Crippen LogP contribution in [0, 0.1) is 0 Å². The van der Waals surface area contributed by atoms with Crippen LogP contribution in [0.15, 0.2) is 60.8 Å². The molecule has 2 aromatic carbocycles. The number of carbonyl (C=O) groups excluding carboxylic acids is 1. The predicted octanol–water partition coefficient (Wildman–Crippen LogP) is 4.15. The van der Waals surface area contributed by atoms with E-state index in [-0.39, 0.29) is 5.91 Å². The highest BCUT2D eigenvalue weighted by atomic mass is 35.5. The fourth-order valence-corrected chi connectivity index (χ4v) is 4.50. The Morgan fingerprint density at radius 2 is 1.76 bits per heavy atom. The Hall–Kier alpha value is -2.41. The van der Waals surface area contributed by atoms with E-state index in [9.17, 15) is 4.79 Å². The van der Waals surface area contributed by atoms with Gasteiger partial charge >= 0.3 is 0 Å². The molecule has 7 heteroatoms. The number of hydrogen-bond acceptors (Lipinski definition) is 5. The van der Waals surface area contributed by atoms with Crippen LogP contribution < -0.4 is 10.2 Å². The van der Waals surface area contributed by atoms with Crippen molar-refractivity contribution in [2.75, 3.05) is 42.9 Å². The lowest BCUT2D eigenvalue weighted by Gasteiger charge is -2.35. The standard InChI is InChI=1S/C22H23ClN4OS/c23-20-9-5-4-6-17(20)14-19-15-24-22(29-19)25-21(28)16-26-10-12-27(13-11-26)18-7-2-1-3-8-18/h1-9,15H,10-14,16H2,(H,24,25,28). The minimum atomic E-state index is -0.0168. The zero-order chi connectivity index (χ0) is 20.1. The smallest absolute Gasteiger partial charge is 0.240 e. The van der Waals surface area contributed by atoms with Crippen LogP contribution in [-0.2, 0) is 11.2 Å². The molecule has 0 unspecified atom stereocenters. The lowest BCUT2D eigenvalue weighted by Crippen LogP contribution is -2.48. The molecule has 1 aliphatic rings. The molecule has 29 heavy (non-hydrogen) atoms. The maximum absolute atomic E-state index is 12.4. The first-order valence-corrected chi connectivity index (χ1v) is 10.9. The molecule has 1 fully saturated rings. The van der Waals surface area contributed by atoms with Crippen molar-refractivity contribution < 1.29 is 4.79 Å². The molecule has 1 saturated heterocycles. The predicted molar refractivity (Wildman–Crippen MR) is 120 cm³/mol. The summed E-state index contributed by atoms with van der Waals surface area (Å²) in [6.45, 7) is 3.99. The van der Waals surface area contributed by atoms with Crippen LogP contribution in [0.25, 0.3) is 0 Å². The van der Waals surface area contributed by atoms with Gasteiger partial charge in [0.05, 0.1) is 6.54 Å². The summed E-state index contributed by atoms with van der Waals surface area (Å²) in [7, 11) is 0. The van der Waals surface area contributed by atoms with Gasteiger partial charge in [0.25, 0.3) is 0 Å². The first kappa shape index (κ1) is 19.9. The molecule has 0 radical (unpaired) electrons. The summed E-state index contributed by atoms with van der Waals surface area (Å²) in [6.07, 6.45) is 2.52. The normalized spacial score (nSPS) is 14.7. The van der Waals surface area contributed by atoms with Crippen molar-refractivity contribution in [3.63, 3.8) is 0 Å². The van der Waals surface area contributed by atoms with E-state index in [1.807, 2.05) is 36.5 Å². The molecule has 1 aliphatic heterocycles. The van der Waals surface area contributed by atoms with Gasteiger partial charge in [-0.05, 0) is 23.8 Å². The molecule has 150 valence electrons. The Balaban J connectivity index is 1.25. The molecule has 0 saturated carbocycles. The third kappa shape index (κ3) is 5.35. The number of benzene rings is 2. The molecular weight excluding hydrogens is 404 g/mol. The van der Waals surface area contributed by atoms with Gasteiger partial charge in [-0.3, -0.25) is 9.69 Å². The average Bonchev–Trinajstić information content (AvgIpc) is 3.17. The van der Waals surface area contributed by atoms with Crippen LogP contribution in [0.3, 0.4) is 0 Å². The second-order valence-electron chi connectivity index (χ2n) is 7.05. The van der Waals surface area contributed by atoms with Crippen molar-refractivity contribution in [1.29, 1.82) is 0 Å². The Morgan fingerprint density at radius 3 is 2.52 bits per heavy atom. The molecule has 1 amide bonds. The molecule has 1 N–H and O–H groups in total. The van der Waals surface area contributed by atoms with Crippen molar-refractivity contribution in [3.8, 4) is 0 Å². The first-order valence-electron chi connectivity index (χ1n) is 9.68. The largest absolute Gasteiger partial charge is 0.369 e. The molecule has 0 bridgehead atoms. The van der Waals surface area contributed by atoms with Crippen LogP contribution >= 0.6 is 22.9 Å². The van der Waals surface area contributed by atoms with Crippen molar-refractivity contribution in [1.82, 2.24) is 9.88 Å². The molecule has 1 aromatic heterocycles. The number of piperazine rings is 1. The fraction of sp³-hybridized carbons (Fsp3) is 0.273. The number of anilines is 2. The van der Waals surface area contributed by atoms with Crippen LogP contribution in [-0.4, -0.2) is 48.5 Å². The Morgan fingerprint density at radius 1 is 1.03 bits per heavy atom. The van der Waals surface area contributed by atoms with Crippen molar-refractivity contribution >= 4 is 39.7 Å². The molecule has 2 heterocycles. The second-order valence-corrected chi connectivity index (χ2v) is 8.57. The minimum Gasteiger partial charge on any atom is -0.369 e. The molecule has 3 aromatic rings. The summed E-state index contributed by atoms with van der Waals surface area (Å²) in [6, 6.07) is 18.2. The highest BCUT2D eigenvalue weighted by Crippen LogP contribution is 2.24. The van der Waals surface area contributed by atoms with E-state index in [0.717, 1.165) is 41.6 Å². The highest BCUT2D eigenvalue weighted by Gasteiger charge is 2.19. The average molecular weight is 427 g/mol. The first-order chi connectivity index (χ1) is 14.2. The Kier molecular flexibility index (Phi) is 6.44. The van der Waals surface area contributed by atoms with Gasteiger partial charge in [-0.15, -0.1) is 11.3 Å². The summed E-state index contributed by atoms with van der Waals surface area (Å²) in [5, 5.41) is 4.32. The van der Waals surface area contributed by atoms with Gasteiger partial charge in [0.2, 0.25) is 5.91 Å². The summed E-state index contributed by atoms with van der Waals surface area (Å²) < 4.78 is 0. The van der Waals surface area contributed by atoms with Crippen LogP contribution in [0.4, 0.5) is 10.8 Å². The van der Waals surface area contributed by atoms with E-state index in [1.165, 1.54) is 17.0 Å². The zero-order valence-corrected chi connectivity index (χ0v) is 17.6. The van der Waals surface area contributed by atoms with Crippen LogP contribution in [0.5, 0.6) is 0 Å². The SMILES string of the molecule is O=C(CN1CCN(c2ccccc2)CC1)Nc1ncc(Cc2ccccc2Cl)s1. The summed E-state index contributed by atoms with van der Waals surface area (Å²) in [4.78, 5) is 22.4. The van der Waals surface area contributed by atoms with Crippen LogP contribution in [0.2, 0.25) is 5.02 Å². The number of thiazole rings is 1. The summed E-state index contributed by atoms with van der Waals surface area (Å²) in [5.41, 5.74) is 2.30. The van der Waals surface area contributed by atoms with E-state index in [2.05, 4.69) is 44.4 Å². The summed E-state index contributed by atoms with van der Waals surface area (Å²) >= 11 is 7.72. The molecule has 0 spiro atoms. The van der Waals surface area contributed by atoms with Crippen molar-refractivity contribution in [2.45, 2.75) is 6.42 Å². The Labute approximate surface area is 179 Å². The van der Waals surface area contributed by atoms with Gasteiger partial charge < -0.3 is 10.2 Å². The van der Waals surface area contributed by atoms with Gasteiger partial charge in [-0.25, -0.2) is 4.98 Å². The fourth-order valence-electron chi connectivity index (χ4n) is 3.44. The van der Waals surface area contributed by atoms with E-state index < -0.39 is 0 Å². The quantitative estimate of drug-likeness (QED) is 0.643. The number of rotatable bonds is 6. The molecule has 0 atom stereocenters. The molecule has 5 nitrogen and oxygen atoms in total. The monoisotopic (exact) mass is 426 g/mol. The maximum Gasteiger partial charge on any atom is 0.240 e. The lowest BCUT2D eigenvalue weighted by molar-refractivity contribution is -0.117. The molecule has 0 aliphatic carbocycles. The lowest BCUT2D eigenvalue weighted by atomic mass is 10.1. The van der Waals surface area contributed by atoms with Crippen molar-refractivity contribution in [3.05, 3.63) is 76.3 Å².